The summed E-state index contributed by atoms with van der Waals surface area (Å²) < 4.78 is 15.4. The number of aryl methyl sites for hydroxylation is 2. The number of rotatable bonds is 5. The zero-order chi connectivity index (χ0) is 24.0. The molecule has 8 nitrogen and oxygen atoms in total. The van der Waals surface area contributed by atoms with E-state index in [4.69, 9.17) is 22.3 Å². The molecule has 1 amide bonds. The number of anilines is 1. The van der Waals surface area contributed by atoms with Gasteiger partial charge in [0.25, 0.3) is 5.91 Å². The molecule has 1 fully saturated rings. The monoisotopic (exact) mass is 485 g/mol. The number of nitrogens with zero attached hydrogens (tertiary/aromatic N) is 5. The zero-order valence-corrected chi connectivity index (χ0v) is 20.1. The van der Waals surface area contributed by atoms with Crippen LogP contribution in [0.5, 0.6) is 0 Å². The maximum absolute atomic E-state index is 13.5. The summed E-state index contributed by atoms with van der Waals surface area (Å²) in [6, 6.07) is 5.50. The van der Waals surface area contributed by atoms with Crippen molar-refractivity contribution in [3.8, 4) is 0 Å². The molecule has 0 saturated carbocycles. The molecule has 0 radical (unpaired) electrons. The standard InChI is InChI=1S/C24H29ClFN7O/c1-3-32-10-17(25)16-9-19(30-31-22(16)32)23(34)28-15-5-6-18-14(8-15)4-7-21(29-18)33-11-20(27)24(2,12-26)13-33/h4,7,9-10,15,20H,3,5-6,8,11-13,27H2,1-2H3,(H,28,34). The number of aromatic nitrogens is 4. The lowest BCUT2D eigenvalue weighted by Crippen LogP contribution is -2.39. The van der Waals surface area contributed by atoms with Crippen LogP contribution >= 0.6 is 11.6 Å². The highest BCUT2D eigenvalue weighted by Gasteiger charge is 2.41. The van der Waals surface area contributed by atoms with Gasteiger partial charge >= 0.3 is 0 Å². The minimum absolute atomic E-state index is 0.0177. The van der Waals surface area contributed by atoms with Crippen LogP contribution in [0.4, 0.5) is 10.2 Å². The van der Waals surface area contributed by atoms with Gasteiger partial charge in [0.1, 0.15) is 5.82 Å². The van der Waals surface area contributed by atoms with Crippen molar-refractivity contribution in [3.63, 3.8) is 0 Å². The Morgan fingerprint density at radius 3 is 2.94 bits per heavy atom. The smallest absolute Gasteiger partial charge is 0.272 e. The predicted octanol–water partition coefficient (Wildman–Crippen LogP) is 2.91. The molecule has 180 valence electrons. The third kappa shape index (κ3) is 4.01. The second-order valence-electron chi connectivity index (χ2n) is 9.69. The molecule has 0 spiro atoms. The maximum atomic E-state index is 13.5. The van der Waals surface area contributed by atoms with Crippen molar-refractivity contribution in [1.29, 1.82) is 0 Å². The van der Waals surface area contributed by atoms with E-state index in [0.29, 0.717) is 30.2 Å². The zero-order valence-electron chi connectivity index (χ0n) is 19.4. The van der Waals surface area contributed by atoms with Crippen LogP contribution in [0.2, 0.25) is 5.02 Å². The Morgan fingerprint density at radius 2 is 2.21 bits per heavy atom. The van der Waals surface area contributed by atoms with Crippen molar-refractivity contribution in [2.75, 3.05) is 24.7 Å². The van der Waals surface area contributed by atoms with Gasteiger partial charge in [-0.1, -0.05) is 24.6 Å². The number of carbonyl (C=O) groups is 1. The molecule has 34 heavy (non-hydrogen) atoms. The molecule has 3 unspecified atom stereocenters. The molecule has 3 N–H and O–H groups in total. The first-order valence-corrected chi connectivity index (χ1v) is 12.1. The average Bonchev–Trinajstić information content (AvgIpc) is 3.34. The highest BCUT2D eigenvalue weighted by molar-refractivity contribution is 6.35. The fourth-order valence-corrected chi connectivity index (χ4v) is 5.20. The van der Waals surface area contributed by atoms with Crippen molar-refractivity contribution < 1.29 is 9.18 Å². The third-order valence-corrected chi connectivity index (χ3v) is 7.53. The van der Waals surface area contributed by atoms with E-state index < -0.39 is 12.1 Å². The summed E-state index contributed by atoms with van der Waals surface area (Å²) in [6.07, 6.45) is 4.03. The Morgan fingerprint density at radius 1 is 1.38 bits per heavy atom. The van der Waals surface area contributed by atoms with Gasteiger partial charge in [-0.3, -0.25) is 9.18 Å². The minimum atomic E-state index is -0.539. The van der Waals surface area contributed by atoms with Gasteiger partial charge in [-0.15, -0.1) is 10.2 Å². The summed E-state index contributed by atoms with van der Waals surface area (Å²) in [5.41, 5.74) is 8.70. The summed E-state index contributed by atoms with van der Waals surface area (Å²) >= 11 is 6.32. The Hall–Kier alpha value is -2.78. The van der Waals surface area contributed by atoms with Crippen LogP contribution in [-0.4, -0.2) is 57.5 Å². The lowest BCUT2D eigenvalue weighted by molar-refractivity contribution is 0.0927. The first-order chi connectivity index (χ1) is 16.3. The molecule has 1 aliphatic heterocycles. The number of pyridine rings is 1. The third-order valence-electron chi connectivity index (χ3n) is 7.22. The summed E-state index contributed by atoms with van der Waals surface area (Å²) in [7, 11) is 0. The number of fused-ring (bicyclic) bond motifs is 2. The first kappa shape index (κ1) is 23.0. The van der Waals surface area contributed by atoms with E-state index in [1.54, 1.807) is 12.3 Å². The van der Waals surface area contributed by atoms with Gasteiger partial charge in [-0.2, -0.15) is 0 Å². The SMILES string of the molecule is CCn1cc(Cl)c2cc(C(=O)NC3CCc4nc(N5CC(N)C(C)(CF)C5)ccc4C3)nnc21. The number of hydrogen-bond acceptors (Lipinski definition) is 6. The van der Waals surface area contributed by atoms with Gasteiger partial charge < -0.3 is 20.5 Å². The number of nitrogens with one attached hydrogen (secondary N) is 1. The average molecular weight is 486 g/mol. The fourth-order valence-electron chi connectivity index (χ4n) is 4.94. The summed E-state index contributed by atoms with van der Waals surface area (Å²) in [5.74, 6) is 0.581. The largest absolute Gasteiger partial charge is 0.354 e. The van der Waals surface area contributed by atoms with E-state index in [1.165, 1.54) is 0 Å². The lowest BCUT2D eigenvalue weighted by Gasteiger charge is -2.27. The van der Waals surface area contributed by atoms with Crippen LogP contribution in [-0.2, 0) is 19.4 Å². The summed E-state index contributed by atoms with van der Waals surface area (Å²) in [6.45, 7) is 5.33. The van der Waals surface area contributed by atoms with Gasteiger partial charge in [0.05, 0.1) is 11.7 Å². The summed E-state index contributed by atoms with van der Waals surface area (Å²) in [5, 5.41) is 12.7. The van der Waals surface area contributed by atoms with Crippen LogP contribution < -0.4 is 16.0 Å². The Labute approximate surface area is 202 Å². The lowest BCUT2D eigenvalue weighted by atomic mass is 9.87. The van der Waals surface area contributed by atoms with Crippen LogP contribution in [0.15, 0.2) is 24.4 Å². The van der Waals surface area contributed by atoms with Crippen LogP contribution in [0.3, 0.4) is 0 Å². The van der Waals surface area contributed by atoms with E-state index in [0.717, 1.165) is 41.8 Å². The van der Waals surface area contributed by atoms with Crippen molar-refractivity contribution >= 4 is 34.4 Å². The number of halogens is 2. The summed E-state index contributed by atoms with van der Waals surface area (Å²) in [4.78, 5) is 19.8. The van der Waals surface area contributed by atoms with Crippen LogP contribution in [0.25, 0.3) is 11.0 Å². The molecule has 0 bridgehead atoms. The number of carbonyl (C=O) groups excluding carboxylic acids is 1. The van der Waals surface area contributed by atoms with Gasteiger partial charge in [-0.05, 0) is 43.9 Å². The predicted molar refractivity (Wildman–Crippen MR) is 130 cm³/mol. The molecule has 2 aliphatic rings. The molecular formula is C24H29ClFN7O. The Bertz CT molecular complexity index is 1250. The minimum Gasteiger partial charge on any atom is -0.354 e. The van der Waals surface area contributed by atoms with E-state index in [2.05, 4.69) is 26.5 Å². The molecule has 3 atom stereocenters. The number of nitrogens with two attached hydrogens (primary N) is 1. The van der Waals surface area contributed by atoms with Gasteiger partial charge in [0, 0.05) is 54.4 Å². The Kier molecular flexibility index (Phi) is 5.93. The van der Waals surface area contributed by atoms with E-state index in [1.807, 2.05) is 24.5 Å². The van der Waals surface area contributed by atoms with Crippen molar-refractivity contribution in [3.05, 3.63) is 46.4 Å². The second-order valence-corrected chi connectivity index (χ2v) is 10.1. The normalized spacial score (nSPS) is 24.4. The molecule has 0 aromatic carbocycles. The van der Waals surface area contributed by atoms with Crippen LogP contribution in [0.1, 0.15) is 42.0 Å². The highest BCUT2D eigenvalue weighted by atomic mass is 35.5. The van der Waals surface area contributed by atoms with Gasteiger partial charge in [-0.25, -0.2) is 4.98 Å². The maximum Gasteiger partial charge on any atom is 0.272 e. The molecule has 3 aromatic heterocycles. The van der Waals surface area contributed by atoms with Crippen molar-refractivity contribution in [2.24, 2.45) is 11.1 Å². The fraction of sp³-hybridized carbons (Fsp3) is 0.500. The van der Waals surface area contributed by atoms with Crippen LogP contribution in [0, 0.1) is 5.41 Å². The molecule has 10 heteroatoms. The van der Waals surface area contributed by atoms with Gasteiger partial charge in [0.15, 0.2) is 11.3 Å². The number of amides is 1. The topological polar surface area (TPSA) is 102 Å². The van der Waals surface area contributed by atoms with E-state index in [9.17, 15) is 9.18 Å². The highest BCUT2D eigenvalue weighted by Crippen LogP contribution is 2.33. The first-order valence-electron chi connectivity index (χ1n) is 11.7. The van der Waals surface area contributed by atoms with E-state index >= 15 is 0 Å². The molecule has 4 heterocycles. The molecular weight excluding hydrogens is 457 g/mol. The number of hydrogen-bond donors (Lipinski definition) is 2. The van der Waals surface area contributed by atoms with Crippen molar-refractivity contribution in [1.82, 2.24) is 25.1 Å². The number of alkyl halides is 1. The second kappa shape index (κ2) is 8.78. The van der Waals surface area contributed by atoms with E-state index in [-0.39, 0.29) is 23.7 Å². The molecule has 3 aromatic rings. The van der Waals surface area contributed by atoms with Crippen molar-refractivity contribution in [2.45, 2.75) is 51.7 Å². The molecule has 1 aliphatic carbocycles. The molecule has 5 rings (SSSR count). The Balaban J connectivity index is 1.27. The molecule has 1 saturated heterocycles. The van der Waals surface area contributed by atoms with Gasteiger partial charge in [0.2, 0.25) is 0 Å². The quantitative estimate of drug-likeness (QED) is 0.576.